The van der Waals surface area contributed by atoms with E-state index in [2.05, 4.69) is 4.98 Å². The molecule has 0 bridgehead atoms. The lowest BCUT2D eigenvalue weighted by Crippen LogP contribution is -2.22. The predicted octanol–water partition coefficient (Wildman–Crippen LogP) is 1.05. The third-order valence-corrected chi connectivity index (χ3v) is 2.41. The van der Waals surface area contributed by atoms with Crippen LogP contribution in [-0.2, 0) is 6.54 Å². The molecule has 3 aliphatic heterocycles. The molecule has 0 spiro atoms. The van der Waals surface area contributed by atoms with Gasteiger partial charge in [0, 0.05) is 11.8 Å². The van der Waals surface area contributed by atoms with Gasteiger partial charge in [0.2, 0.25) is 0 Å². The van der Waals surface area contributed by atoms with Gasteiger partial charge in [-0.25, -0.2) is 4.79 Å². The van der Waals surface area contributed by atoms with Crippen LogP contribution in [0.5, 0.6) is 0 Å². The average molecular weight is 174 g/mol. The van der Waals surface area contributed by atoms with E-state index < -0.39 is 5.97 Å². The van der Waals surface area contributed by atoms with E-state index in [0.717, 1.165) is 17.0 Å². The minimum absolute atomic E-state index is 0.341. The molecule has 0 aromatic heterocycles. The highest BCUT2D eigenvalue weighted by Crippen LogP contribution is 2.34. The monoisotopic (exact) mass is 174 g/mol. The minimum Gasteiger partial charge on any atom is -0.477 e. The summed E-state index contributed by atoms with van der Waals surface area (Å²) < 4.78 is 1.78. The molecule has 0 atom stereocenters. The van der Waals surface area contributed by atoms with Crippen LogP contribution < -0.4 is 0 Å². The number of aromatic nitrogens is 2. The summed E-state index contributed by atoms with van der Waals surface area (Å²) in [5.74, 6) is -0.881. The van der Waals surface area contributed by atoms with Gasteiger partial charge in [0.05, 0.1) is 17.9 Å². The summed E-state index contributed by atoms with van der Waals surface area (Å²) in [5, 5.41) is 8.85. The lowest BCUT2D eigenvalue weighted by molar-refractivity contribution is 0.0684. The predicted molar refractivity (Wildman–Crippen MR) is 44.9 cm³/mol. The zero-order valence-electron chi connectivity index (χ0n) is 6.69. The van der Waals surface area contributed by atoms with Crippen LogP contribution in [0.1, 0.15) is 16.2 Å². The smallest absolute Gasteiger partial charge is 0.352 e. The fourth-order valence-corrected chi connectivity index (χ4v) is 1.77. The van der Waals surface area contributed by atoms with Crippen molar-refractivity contribution in [3.05, 3.63) is 29.7 Å². The normalized spacial score (nSPS) is 12.9. The van der Waals surface area contributed by atoms with Gasteiger partial charge in [0.1, 0.15) is 5.69 Å². The highest BCUT2D eigenvalue weighted by atomic mass is 16.4. The number of pyridine rings is 1. The quantitative estimate of drug-likeness (QED) is 0.599. The first-order chi connectivity index (χ1) is 6.27. The van der Waals surface area contributed by atoms with Gasteiger partial charge in [-0.3, -0.25) is 4.98 Å². The molecule has 0 unspecified atom stereocenters. The number of hydrogen-bond donors (Lipinski definition) is 1. The number of carbonyl (C=O) groups is 1. The number of nitrogens with zero attached hydrogens (tertiary/aromatic N) is 2. The molecule has 0 radical (unpaired) electrons. The van der Waals surface area contributed by atoms with Crippen LogP contribution in [0.25, 0.3) is 11.3 Å². The van der Waals surface area contributed by atoms with Gasteiger partial charge in [0.15, 0.2) is 0 Å². The average Bonchev–Trinajstić information content (AvgIpc) is 2.40. The second-order valence-corrected chi connectivity index (χ2v) is 3.12. The third kappa shape index (κ3) is 0.654. The van der Waals surface area contributed by atoms with E-state index in [1.807, 2.05) is 0 Å². The molecule has 4 heteroatoms. The molecular weight excluding hydrogens is 168 g/mol. The Bertz CT molecular complexity index is 487. The van der Waals surface area contributed by atoms with E-state index >= 15 is 0 Å². The molecule has 0 aromatic carbocycles. The van der Waals surface area contributed by atoms with Crippen LogP contribution in [0, 0.1) is 0 Å². The van der Waals surface area contributed by atoms with Crippen molar-refractivity contribution in [2.75, 3.05) is 0 Å². The lowest BCUT2D eigenvalue weighted by atomic mass is 10.1. The summed E-state index contributed by atoms with van der Waals surface area (Å²) in [6.45, 7) is 0.626. The van der Waals surface area contributed by atoms with Crippen LogP contribution in [0.4, 0.5) is 0 Å². The Balaban J connectivity index is 2.38. The van der Waals surface area contributed by atoms with Crippen molar-refractivity contribution in [2.45, 2.75) is 6.54 Å². The van der Waals surface area contributed by atoms with Crippen LogP contribution in [-0.4, -0.2) is 20.6 Å². The fraction of sp³-hybridized carbons (Fsp3) is 0.111. The maximum absolute atomic E-state index is 10.8. The van der Waals surface area contributed by atoms with Crippen molar-refractivity contribution in [1.29, 1.82) is 0 Å². The van der Waals surface area contributed by atoms with Gasteiger partial charge in [-0.05, 0) is 12.1 Å². The largest absolute Gasteiger partial charge is 0.477 e. The van der Waals surface area contributed by atoms with E-state index in [1.165, 1.54) is 0 Å². The molecule has 0 saturated carbocycles. The fourth-order valence-electron chi connectivity index (χ4n) is 1.77. The SMILES string of the molecule is O=C(O)c1ccc2cnc3c-2n1C3. The van der Waals surface area contributed by atoms with E-state index in [0.29, 0.717) is 12.2 Å². The summed E-state index contributed by atoms with van der Waals surface area (Å²) in [6.07, 6.45) is 1.78. The van der Waals surface area contributed by atoms with Crippen LogP contribution >= 0.6 is 0 Å². The van der Waals surface area contributed by atoms with Gasteiger partial charge in [-0.2, -0.15) is 0 Å². The zero-order valence-corrected chi connectivity index (χ0v) is 6.69. The standard InChI is InChI=1S/C9H6N2O2/c12-9(13)7-2-1-5-3-10-6-4-11(7)8(5)6/h1-3H,4H2,(H,12,13). The second kappa shape index (κ2) is 1.90. The first-order valence-corrected chi connectivity index (χ1v) is 3.98. The first kappa shape index (κ1) is 6.65. The van der Waals surface area contributed by atoms with Crippen molar-refractivity contribution in [3.63, 3.8) is 0 Å². The Morgan fingerprint density at radius 2 is 2.38 bits per heavy atom. The Morgan fingerprint density at radius 3 is 3.15 bits per heavy atom. The lowest BCUT2D eigenvalue weighted by Gasteiger charge is -2.23. The minimum atomic E-state index is -0.881. The van der Waals surface area contributed by atoms with Crippen molar-refractivity contribution < 1.29 is 9.90 Å². The maximum atomic E-state index is 10.8. The van der Waals surface area contributed by atoms with Gasteiger partial charge in [-0.1, -0.05) is 0 Å². The molecule has 0 aromatic rings. The number of aromatic carboxylic acids is 1. The van der Waals surface area contributed by atoms with Gasteiger partial charge < -0.3 is 9.67 Å². The highest BCUT2D eigenvalue weighted by molar-refractivity contribution is 5.88. The molecule has 0 fully saturated rings. The molecule has 13 heavy (non-hydrogen) atoms. The second-order valence-electron chi connectivity index (χ2n) is 3.12. The van der Waals surface area contributed by atoms with Crippen molar-refractivity contribution in [2.24, 2.45) is 0 Å². The third-order valence-electron chi connectivity index (χ3n) is 2.41. The molecule has 3 heterocycles. The van der Waals surface area contributed by atoms with Crippen LogP contribution in [0.2, 0.25) is 0 Å². The van der Waals surface area contributed by atoms with Crippen LogP contribution in [0.15, 0.2) is 18.3 Å². The van der Waals surface area contributed by atoms with Crippen LogP contribution in [0.3, 0.4) is 0 Å². The topological polar surface area (TPSA) is 55.1 Å². The molecule has 0 saturated heterocycles. The van der Waals surface area contributed by atoms with E-state index in [-0.39, 0.29) is 0 Å². The summed E-state index contributed by atoms with van der Waals surface area (Å²) >= 11 is 0. The molecular formula is C9H6N2O2. The number of carboxylic acid groups (broad SMARTS) is 1. The Kier molecular flexibility index (Phi) is 0.974. The maximum Gasteiger partial charge on any atom is 0.352 e. The van der Waals surface area contributed by atoms with Gasteiger partial charge in [-0.15, -0.1) is 0 Å². The van der Waals surface area contributed by atoms with Crippen molar-refractivity contribution >= 4 is 5.97 Å². The Labute approximate surface area is 73.8 Å². The molecule has 0 amide bonds. The summed E-state index contributed by atoms with van der Waals surface area (Å²) in [7, 11) is 0. The van der Waals surface area contributed by atoms with Crippen molar-refractivity contribution in [1.82, 2.24) is 9.55 Å². The summed E-state index contributed by atoms with van der Waals surface area (Å²) in [5.41, 5.74) is 3.33. The molecule has 0 aliphatic carbocycles. The molecule has 1 N–H and O–H groups in total. The summed E-state index contributed by atoms with van der Waals surface area (Å²) in [6, 6.07) is 3.42. The summed E-state index contributed by atoms with van der Waals surface area (Å²) in [4.78, 5) is 14.9. The number of hydrogen-bond acceptors (Lipinski definition) is 2. The molecule has 3 aliphatic rings. The number of carboxylic acids is 1. The Hall–Kier alpha value is -1.84. The van der Waals surface area contributed by atoms with Gasteiger partial charge in [0.25, 0.3) is 0 Å². The van der Waals surface area contributed by atoms with Crippen molar-refractivity contribution in [3.8, 4) is 11.3 Å². The molecule has 64 valence electrons. The Morgan fingerprint density at radius 1 is 1.54 bits per heavy atom. The molecule has 3 rings (SSSR count). The first-order valence-electron chi connectivity index (χ1n) is 3.98. The zero-order chi connectivity index (χ0) is 9.00. The molecule has 4 nitrogen and oxygen atoms in total. The van der Waals surface area contributed by atoms with Gasteiger partial charge >= 0.3 is 5.97 Å². The van der Waals surface area contributed by atoms with E-state index in [4.69, 9.17) is 5.11 Å². The highest BCUT2D eigenvalue weighted by Gasteiger charge is 2.27. The number of rotatable bonds is 1. The van der Waals surface area contributed by atoms with E-state index in [9.17, 15) is 4.79 Å². The van der Waals surface area contributed by atoms with E-state index in [1.54, 1.807) is 22.9 Å².